The van der Waals surface area contributed by atoms with Gasteiger partial charge in [0, 0.05) is 0 Å². The van der Waals surface area contributed by atoms with E-state index in [0.717, 1.165) is 24.1 Å². The van der Waals surface area contributed by atoms with Crippen molar-refractivity contribution in [1.82, 2.24) is 0 Å². The van der Waals surface area contributed by atoms with Crippen LogP contribution in [0, 0.1) is 5.82 Å². The van der Waals surface area contributed by atoms with Gasteiger partial charge in [-0.2, -0.15) is 13.2 Å². The van der Waals surface area contributed by atoms with Crippen molar-refractivity contribution in [3.8, 4) is 11.1 Å². The van der Waals surface area contributed by atoms with Crippen LogP contribution in [0.25, 0.3) is 11.1 Å². The molecular formula is C17H18F4. The smallest absolute Gasteiger partial charge is 0.206 e. The van der Waals surface area contributed by atoms with Gasteiger partial charge in [0.15, 0.2) is 0 Å². The number of alkyl halides is 3. The number of halogens is 4. The molecule has 0 aliphatic carbocycles. The van der Waals surface area contributed by atoms with Gasteiger partial charge < -0.3 is 0 Å². The average Bonchev–Trinajstić information content (AvgIpc) is 2.49. The largest absolute Gasteiger partial charge is 0.419 e. The predicted molar refractivity (Wildman–Crippen MR) is 77.6 cm³/mol. The van der Waals surface area contributed by atoms with E-state index in [0.29, 0.717) is 11.1 Å². The van der Waals surface area contributed by atoms with E-state index >= 15 is 0 Å². The van der Waals surface area contributed by atoms with Crippen LogP contribution in [0.15, 0.2) is 42.5 Å². The van der Waals surface area contributed by atoms with Gasteiger partial charge in [-0.15, -0.1) is 0 Å². The van der Waals surface area contributed by atoms with Gasteiger partial charge in [-0.1, -0.05) is 51.1 Å². The van der Waals surface area contributed by atoms with Crippen molar-refractivity contribution in [1.29, 1.82) is 0 Å². The van der Waals surface area contributed by atoms with Crippen LogP contribution in [0.2, 0.25) is 0 Å². The molecule has 0 bridgehead atoms. The minimum atomic E-state index is -4.68. The molecule has 0 aromatic heterocycles. The van der Waals surface area contributed by atoms with Gasteiger partial charge in [-0.25, -0.2) is 4.39 Å². The zero-order valence-electron chi connectivity index (χ0n) is 12.3. The molecule has 0 saturated heterocycles. The highest BCUT2D eigenvalue weighted by Crippen LogP contribution is 2.34. The van der Waals surface area contributed by atoms with Gasteiger partial charge in [0.2, 0.25) is 0 Å². The Labute approximate surface area is 122 Å². The van der Waals surface area contributed by atoms with Crippen LogP contribution in [0.4, 0.5) is 17.6 Å². The van der Waals surface area contributed by atoms with Gasteiger partial charge in [0.1, 0.15) is 5.82 Å². The van der Waals surface area contributed by atoms with Crippen LogP contribution >= 0.6 is 0 Å². The molecule has 0 aliphatic heterocycles. The molecular weight excluding hydrogens is 280 g/mol. The van der Waals surface area contributed by atoms with Gasteiger partial charge >= 0.3 is 6.18 Å². The minimum absolute atomic E-state index is 0.358. The topological polar surface area (TPSA) is 0 Å². The Morgan fingerprint density at radius 1 is 0.857 bits per heavy atom. The summed E-state index contributed by atoms with van der Waals surface area (Å²) in [6.45, 7) is 5.99. The van der Waals surface area contributed by atoms with E-state index in [1.165, 1.54) is 6.07 Å². The standard InChI is InChI=1S/C15H12F4.C2H6/c1-2-10-3-5-11(6-4-10)12-7-8-14(16)13(9-12)15(17,18)19;1-2/h3-9H,2H2,1H3;1-2H3. The van der Waals surface area contributed by atoms with Crippen LogP contribution < -0.4 is 0 Å². The molecule has 0 heterocycles. The van der Waals surface area contributed by atoms with Crippen LogP contribution in [-0.2, 0) is 12.6 Å². The van der Waals surface area contributed by atoms with Crippen molar-refractivity contribution in [3.05, 3.63) is 59.4 Å². The van der Waals surface area contributed by atoms with E-state index in [1.54, 1.807) is 12.1 Å². The highest BCUT2D eigenvalue weighted by Gasteiger charge is 2.34. The molecule has 2 aromatic carbocycles. The Hall–Kier alpha value is -1.84. The third-order valence-corrected chi connectivity index (χ3v) is 2.97. The lowest BCUT2D eigenvalue weighted by molar-refractivity contribution is -0.139. The quantitative estimate of drug-likeness (QED) is 0.588. The molecule has 0 unspecified atom stereocenters. The molecule has 4 heteroatoms. The first-order valence-corrected chi connectivity index (χ1v) is 6.88. The number of aryl methyl sites for hydroxylation is 1. The van der Waals surface area contributed by atoms with Crippen LogP contribution in [-0.4, -0.2) is 0 Å². The lowest BCUT2D eigenvalue weighted by Gasteiger charge is -2.10. The highest BCUT2D eigenvalue weighted by molar-refractivity contribution is 5.64. The van der Waals surface area contributed by atoms with Gasteiger partial charge in [-0.3, -0.25) is 0 Å². The number of hydrogen-bond donors (Lipinski definition) is 0. The van der Waals surface area contributed by atoms with Crippen LogP contribution in [0.3, 0.4) is 0 Å². The monoisotopic (exact) mass is 298 g/mol. The summed E-state index contributed by atoms with van der Waals surface area (Å²) >= 11 is 0. The number of rotatable bonds is 2. The van der Waals surface area contributed by atoms with E-state index in [-0.39, 0.29) is 0 Å². The van der Waals surface area contributed by atoms with Crippen molar-refractivity contribution >= 4 is 0 Å². The van der Waals surface area contributed by atoms with Crippen molar-refractivity contribution in [2.45, 2.75) is 33.4 Å². The molecule has 21 heavy (non-hydrogen) atoms. The Balaban J connectivity index is 0.00000106. The number of hydrogen-bond acceptors (Lipinski definition) is 0. The van der Waals surface area contributed by atoms with E-state index in [2.05, 4.69) is 0 Å². The fraction of sp³-hybridized carbons (Fsp3) is 0.294. The van der Waals surface area contributed by atoms with E-state index in [1.807, 2.05) is 32.9 Å². The molecule has 2 aromatic rings. The predicted octanol–water partition coefficient (Wildman–Crippen LogP) is 6.10. The van der Waals surface area contributed by atoms with Crippen molar-refractivity contribution in [2.75, 3.05) is 0 Å². The third kappa shape index (κ3) is 4.31. The van der Waals surface area contributed by atoms with Gasteiger partial charge in [0.25, 0.3) is 0 Å². The Bertz CT molecular complexity index is 568. The molecule has 0 spiro atoms. The normalized spacial score (nSPS) is 10.8. The van der Waals surface area contributed by atoms with Gasteiger partial charge in [-0.05, 0) is 35.2 Å². The summed E-state index contributed by atoms with van der Waals surface area (Å²) in [5.41, 5.74) is 0.866. The molecule has 0 radical (unpaired) electrons. The molecule has 0 N–H and O–H groups in total. The summed E-state index contributed by atoms with van der Waals surface area (Å²) in [6, 6.07) is 10.2. The fourth-order valence-corrected chi connectivity index (χ4v) is 1.85. The van der Waals surface area contributed by atoms with Crippen molar-refractivity contribution < 1.29 is 17.6 Å². The molecule has 0 aliphatic rings. The molecule has 2 rings (SSSR count). The van der Waals surface area contributed by atoms with Crippen molar-refractivity contribution in [2.24, 2.45) is 0 Å². The fourth-order valence-electron chi connectivity index (χ4n) is 1.85. The minimum Gasteiger partial charge on any atom is -0.206 e. The zero-order valence-corrected chi connectivity index (χ0v) is 12.3. The van der Waals surface area contributed by atoms with Crippen molar-refractivity contribution in [3.63, 3.8) is 0 Å². The molecule has 0 atom stereocenters. The zero-order chi connectivity index (χ0) is 16.0. The van der Waals surface area contributed by atoms with E-state index < -0.39 is 17.6 Å². The first kappa shape index (κ1) is 17.2. The number of benzene rings is 2. The Morgan fingerprint density at radius 2 is 1.38 bits per heavy atom. The summed E-state index contributed by atoms with van der Waals surface area (Å²) in [5, 5.41) is 0. The Morgan fingerprint density at radius 3 is 1.86 bits per heavy atom. The maximum Gasteiger partial charge on any atom is 0.419 e. The maximum atomic E-state index is 13.2. The highest BCUT2D eigenvalue weighted by atomic mass is 19.4. The van der Waals surface area contributed by atoms with Crippen LogP contribution in [0.1, 0.15) is 31.9 Å². The SMILES string of the molecule is CC.CCc1ccc(-c2ccc(F)c(C(F)(F)F)c2)cc1. The lowest BCUT2D eigenvalue weighted by atomic mass is 10.0. The third-order valence-electron chi connectivity index (χ3n) is 2.97. The summed E-state index contributed by atoms with van der Waals surface area (Å²) in [6.07, 6.45) is -3.82. The molecule has 0 saturated carbocycles. The summed E-state index contributed by atoms with van der Waals surface area (Å²) in [5.74, 6) is -1.25. The lowest BCUT2D eigenvalue weighted by Crippen LogP contribution is -2.08. The maximum absolute atomic E-state index is 13.2. The first-order chi connectivity index (χ1) is 9.91. The Kier molecular flexibility index (Phi) is 5.94. The van der Waals surface area contributed by atoms with E-state index in [9.17, 15) is 17.6 Å². The van der Waals surface area contributed by atoms with Gasteiger partial charge in [0.05, 0.1) is 5.56 Å². The molecule has 0 nitrogen and oxygen atoms in total. The molecule has 0 fully saturated rings. The second-order valence-electron chi connectivity index (χ2n) is 4.24. The second kappa shape index (κ2) is 7.25. The van der Waals surface area contributed by atoms with E-state index in [4.69, 9.17) is 0 Å². The molecule has 114 valence electrons. The molecule has 0 amide bonds. The average molecular weight is 298 g/mol. The summed E-state index contributed by atoms with van der Waals surface area (Å²) < 4.78 is 51.0. The van der Waals surface area contributed by atoms with Crippen LogP contribution in [0.5, 0.6) is 0 Å². The first-order valence-electron chi connectivity index (χ1n) is 6.88. The summed E-state index contributed by atoms with van der Waals surface area (Å²) in [7, 11) is 0. The second-order valence-corrected chi connectivity index (χ2v) is 4.24. The summed E-state index contributed by atoms with van der Waals surface area (Å²) in [4.78, 5) is 0.